The summed E-state index contributed by atoms with van der Waals surface area (Å²) in [7, 11) is -5.32. The smallest absolute Gasteiger partial charge is 0.343 e. The molecule has 0 spiro atoms. The molecule has 0 bridgehead atoms. The van der Waals surface area contributed by atoms with Crippen LogP contribution in [0.4, 0.5) is 0 Å². The second-order valence-electron chi connectivity index (χ2n) is 5.16. The predicted molar refractivity (Wildman–Crippen MR) is 85.4 cm³/mol. The van der Waals surface area contributed by atoms with Gasteiger partial charge >= 0.3 is 25.5 Å². The number of carboxylic acid groups (broad SMARTS) is 3. The lowest BCUT2D eigenvalue weighted by atomic mass is 9.98. The molecule has 0 amide bonds. The van der Waals surface area contributed by atoms with Gasteiger partial charge in [0.2, 0.25) is 0 Å². The molecule has 1 heterocycles. The zero-order valence-electron chi connectivity index (χ0n) is 13.1. The molecule has 2 rings (SSSR count). The van der Waals surface area contributed by atoms with Crippen molar-refractivity contribution in [3.05, 3.63) is 24.3 Å². The molecule has 1 aromatic heterocycles. The molecule has 26 heavy (non-hydrogen) atoms. The van der Waals surface area contributed by atoms with Crippen LogP contribution in [0.2, 0.25) is 0 Å². The Bertz CT molecular complexity index is 816. The van der Waals surface area contributed by atoms with Gasteiger partial charge in [-0.1, -0.05) is 12.1 Å². The number of nitrogens with one attached hydrogen (secondary N) is 1. The number of hydrogen-bond acceptors (Lipinski definition) is 6. The summed E-state index contributed by atoms with van der Waals surface area (Å²) < 4.78 is 11.1. The Morgan fingerprint density at radius 1 is 1.00 bits per heavy atom. The molecule has 2 aromatic rings. The first-order valence-corrected chi connectivity index (χ1v) is 8.59. The average Bonchev–Trinajstić information content (AvgIpc) is 2.98. The van der Waals surface area contributed by atoms with E-state index in [4.69, 9.17) is 25.1 Å². The topological polar surface area (TPSA) is 211 Å². The Kier molecular flexibility index (Phi) is 6.95. The number of hydrogen-bond donors (Lipinski definition) is 6. The van der Waals surface area contributed by atoms with Crippen molar-refractivity contribution in [2.24, 2.45) is 0 Å². The third kappa shape index (κ3) is 5.34. The van der Waals surface area contributed by atoms with Gasteiger partial charge < -0.3 is 25.1 Å². The van der Waals surface area contributed by atoms with Crippen LogP contribution in [0, 0.1) is 0 Å². The second-order valence-corrected chi connectivity index (χ2v) is 7.10. The van der Waals surface area contributed by atoms with E-state index in [9.17, 15) is 18.9 Å². The Balaban J connectivity index is 0.000000308. The number of fused-ring (bicyclic) bond motifs is 1. The highest BCUT2D eigenvalue weighted by Crippen LogP contribution is 2.55. The molecule has 0 aliphatic carbocycles. The van der Waals surface area contributed by atoms with Crippen molar-refractivity contribution in [2.75, 3.05) is 0 Å². The first-order chi connectivity index (χ1) is 12.0. The van der Waals surface area contributed by atoms with Crippen molar-refractivity contribution in [2.45, 2.75) is 24.4 Å². The highest BCUT2D eigenvalue weighted by molar-refractivity contribution is 7.54. The molecule has 142 valence electrons. The summed E-state index contributed by atoms with van der Waals surface area (Å²) in [5, 5.41) is 33.0. The van der Waals surface area contributed by atoms with E-state index in [1.165, 1.54) is 0 Å². The number of aromatic amines is 1. The number of para-hydroxylation sites is 2. The van der Waals surface area contributed by atoms with Gasteiger partial charge in [-0.15, -0.1) is 0 Å². The van der Waals surface area contributed by atoms with E-state index >= 15 is 0 Å². The van der Waals surface area contributed by atoms with Gasteiger partial charge in [-0.05, 0) is 18.6 Å². The van der Waals surface area contributed by atoms with E-state index in [0.717, 1.165) is 11.0 Å². The SMILES string of the molecule is O=C(O)CCC(CC(=O)O)(C(=O)O)P(=O)(O)O.c1ccc2n[nH]nc2c1. The van der Waals surface area contributed by atoms with E-state index in [-0.39, 0.29) is 0 Å². The minimum absolute atomic E-state index is 0.856. The molecule has 1 aromatic carbocycles. The zero-order chi connectivity index (χ0) is 20.0. The number of aromatic nitrogens is 3. The maximum Gasteiger partial charge on any atom is 0.343 e. The number of H-pyrrole nitrogens is 1. The van der Waals surface area contributed by atoms with Crippen LogP contribution in [0.1, 0.15) is 19.3 Å². The van der Waals surface area contributed by atoms with Crippen molar-refractivity contribution in [1.82, 2.24) is 15.4 Å². The van der Waals surface area contributed by atoms with Crippen molar-refractivity contribution < 1.29 is 44.1 Å². The first kappa shape index (κ1) is 21.2. The molecule has 0 saturated carbocycles. The van der Waals surface area contributed by atoms with Gasteiger partial charge in [0, 0.05) is 6.42 Å². The van der Waals surface area contributed by atoms with Crippen molar-refractivity contribution in [3.8, 4) is 0 Å². The molecule has 0 aliphatic heterocycles. The molecule has 12 nitrogen and oxygen atoms in total. The van der Waals surface area contributed by atoms with Gasteiger partial charge in [0.15, 0.2) is 5.16 Å². The summed E-state index contributed by atoms with van der Waals surface area (Å²) in [6.45, 7) is 0. The molecular weight excluding hydrogens is 373 g/mol. The number of benzene rings is 1. The predicted octanol–water partition coefficient (Wildman–Crippen LogP) is 0.285. The average molecular weight is 389 g/mol. The highest BCUT2D eigenvalue weighted by atomic mass is 31.2. The van der Waals surface area contributed by atoms with Crippen LogP contribution in [0.25, 0.3) is 11.0 Å². The summed E-state index contributed by atoms with van der Waals surface area (Å²) in [5.41, 5.74) is 1.83. The van der Waals surface area contributed by atoms with Crippen LogP contribution in [0.3, 0.4) is 0 Å². The Labute approximate surface area is 145 Å². The summed E-state index contributed by atoms with van der Waals surface area (Å²) in [5.74, 6) is -5.25. The normalized spacial score (nSPS) is 13.3. The zero-order valence-corrected chi connectivity index (χ0v) is 14.0. The van der Waals surface area contributed by atoms with Crippen molar-refractivity contribution in [3.63, 3.8) is 0 Å². The maximum absolute atomic E-state index is 11.1. The van der Waals surface area contributed by atoms with E-state index in [0.29, 0.717) is 0 Å². The third-order valence-corrected chi connectivity index (χ3v) is 5.06. The van der Waals surface area contributed by atoms with Gasteiger partial charge in [0.05, 0.1) is 6.42 Å². The number of carboxylic acids is 3. The van der Waals surface area contributed by atoms with E-state index < -0.39 is 49.9 Å². The third-order valence-electron chi connectivity index (χ3n) is 3.37. The number of rotatable bonds is 7. The molecule has 0 radical (unpaired) electrons. The van der Waals surface area contributed by atoms with E-state index in [1.54, 1.807) is 0 Å². The van der Waals surface area contributed by atoms with E-state index in [2.05, 4.69) is 15.4 Å². The Morgan fingerprint density at radius 3 is 1.85 bits per heavy atom. The van der Waals surface area contributed by atoms with Gasteiger partial charge in [-0.2, -0.15) is 15.4 Å². The van der Waals surface area contributed by atoms with Crippen molar-refractivity contribution >= 4 is 36.5 Å². The number of aliphatic carboxylic acids is 3. The van der Waals surface area contributed by atoms with Crippen LogP contribution < -0.4 is 0 Å². The molecule has 6 N–H and O–H groups in total. The van der Waals surface area contributed by atoms with Gasteiger partial charge in [-0.3, -0.25) is 18.9 Å². The monoisotopic (exact) mass is 389 g/mol. The fraction of sp³-hybridized carbons (Fsp3) is 0.308. The standard InChI is InChI=1S/C7H11O9P.C6H5N3/c8-4(9)1-2-7(6(12)13,3-5(10)11)17(14,15)16;1-2-4-6-5(3-1)7-9-8-6/h1-3H2,(H,8,9)(H,10,11)(H,12,13)(H2,14,15,16);1-4H,(H,7,8,9). The number of carbonyl (C=O) groups is 3. The highest BCUT2D eigenvalue weighted by Gasteiger charge is 2.55. The van der Waals surface area contributed by atoms with Gasteiger partial charge in [0.1, 0.15) is 11.0 Å². The molecule has 0 fully saturated rings. The van der Waals surface area contributed by atoms with Crippen LogP contribution in [-0.4, -0.2) is 63.6 Å². The minimum atomic E-state index is -5.32. The maximum atomic E-state index is 11.1. The fourth-order valence-electron chi connectivity index (χ4n) is 1.99. The lowest BCUT2D eigenvalue weighted by molar-refractivity contribution is -0.148. The molecule has 13 heteroatoms. The van der Waals surface area contributed by atoms with Gasteiger partial charge in [0.25, 0.3) is 0 Å². The lowest BCUT2D eigenvalue weighted by Gasteiger charge is -2.27. The van der Waals surface area contributed by atoms with Crippen LogP contribution in [0.15, 0.2) is 24.3 Å². The minimum Gasteiger partial charge on any atom is -0.481 e. The lowest BCUT2D eigenvalue weighted by Crippen LogP contribution is -2.41. The molecule has 1 unspecified atom stereocenters. The summed E-state index contributed by atoms with van der Waals surface area (Å²) in [6, 6.07) is 7.70. The fourth-order valence-corrected chi connectivity index (χ4v) is 2.99. The van der Waals surface area contributed by atoms with Crippen LogP contribution >= 0.6 is 7.60 Å². The van der Waals surface area contributed by atoms with Crippen LogP contribution in [0.5, 0.6) is 0 Å². The Morgan fingerprint density at radius 2 is 1.50 bits per heavy atom. The summed E-state index contributed by atoms with van der Waals surface area (Å²) in [4.78, 5) is 49.5. The summed E-state index contributed by atoms with van der Waals surface area (Å²) in [6.07, 6.45) is -3.17. The first-order valence-electron chi connectivity index (χ1n) is 6.98. The number of nitrogens with zero attached hydrogens (tertiary/aromatic N) is 2. The quantitative estimate of drug-likeness (QED) is 0.354. The molecule has 0 saturated heterocycles. The van der Waals surface area contributed by atoms with Gasteiger partial charge in [-0.25, -0.2) is 0 Å². The largest absolute Gasteiger partial charge is 0.481 e. The molecule has 0 aliphatic rings. The Hall–Kier alpha value is -2.82. The second kappa shape index (κ2) is 8.52. The molecular formula is C13H16N3O9P. The van der Waals surface area contributed by atoms with Crippen molar-refractivity contribution in [1.29, 1.82) is 0 Å². The van der Waals surface area contributed by atoms with Crippen LogP contribution in [-0.2, 0) is 18.9 Å². The summed E-state index contributed by atoms with van der Waals surface area (Å²) >= 11 is 0. The molecule has 1 atom stereocenters. The van der Waals surface area contributed by atoms with E-state index in [1.807, 2.05) is 24.3 Å².